The van der Waals surface area contributed by atoms with Crippen LogP contribution in [0, 0.1) is 17.6 Å². The van der Waals surface area contributed by atoms with Crippen molar-refractivity contribution < 1.29 is 22.0 Å². The first-order chi connectivity index (χ1) is 13.3. The number of benzene rings is 2. The molecular weight excluding hydrogens is 386 g/mol. The van der Waals surface area contributed by atoms with Crippen LogP contribution in [0.1, 0.15) is 25.7 Å². The van der Waals surface area contributed by atoms with Gasteiger partial charge in [0.2, 0.25) is 15.9 Å². The summed E-state index contributed by atoms with van der Waals surface area (Å²) in [5, 5.41) is 2.66. The first kappa shape index (κ1) is 20.4. The van der Waals surface area contributed by atoms with Gasteiger partial charge in [-0.1, -0.05) is 12.1 Å². The molecule has 1 N–H and O–H groups in total. The molecule has 0 bridgehead atoms. The van der Waals surface area contributed by atoms with Crippen LogP contribution in [0.2, 0.25) is 0 Å². The highest BCUT2D eigenvalue weighted by Gasteiger charge is 2.29. The highest BCUT2D eigenvalue weighted by Crippen LogP contribution is 2.27. The number of sulfonamides is 1. The van der Waals surface area contributed by atoms with Gasteiger partial charge in [0, 0.05) is 25.2 Å². The molecule has 1 heterocycles. The molecular formula is C20H22F2N2O3S. The number of amides is 1. The van der Waals surface area contributed by atoms with E-state index >= 15 is 0 Å². The normalized spacial score (nSPS) is 16.1. The summed E-state index contributed by atoms with van der Waals surface area (Å²) < 4.78 is 53.1. The molecule has 1 amide bonds. The van der Waals surface area contributed by atoms with Crippen molar-refractivity contribution in [3.05, 3.63) is 60.2 Å². The Morgan fingerprint density at radius 1 is 1.04 bits per heavy atom. The summed E-state index contributed by atoms with van der Waals surface area (Å²) >= 11 is 0. The SMILES string of the molecule is O=C(CCC1CCN(S(=O)(=O)c2cccc(F)c2)CC1)Nc1cccc(F)c1. The van der Waals surface area contributed by atoms with Gasteiger partial charge in [0.1, 0.15) is 11.6 Å². The number of carbonyl (C=O) groups excluding carboxylic acids is 1. The van der Waals surface area contributed by atoms with Gasteiger partial charge >= 0.3 is 0 Å². The minimum Gasteiger partial charge on any atom is -0.326 e. The molecule has 5 nitrogen and oxygen atoms in total. The van der Waals surface area contributed by atoms with E-state index in [1.807, 2.05) is 0 Å². The Labute approximate surface area is 163 Å². The minimum atomic E-state index is -3.71. The van der Waals surface area contributed by atoms with E-state index in [9.17, 15) is 22.0 Å². The Morgan fingerprint density at radius 3 is 2.32 bits per heavy atom. The van der Waals surface area contributed by atoms with Gasteiger partial charge in [0.25, 0.3) is 0 Å². The topological polar surface area (TPSA) is 66.5 Å². The fraction of sp³-hybridized carbons (Fsp3) is 0.350. The van der Waals surface area contributed by atoms with E-state index in [2.05, 4.69) is 5.32 Å². The van der Waals surface area contributed by atoms with E-state index in [1.54, 1.807) is 6.07 Å². The van der Waals surface area contributed by atoms with Gasteiger partial charge < -0.3 is 5.32 Å². The molecule has 0 saturated carbocycles. The van der Waals surface area contributed by atoms with E-state index in [4.69, 9.17) is 0 Å². The zero-order chi connectivity index (χ0) is 20.1. The van der Waals surface area contributed by atoms with Gasteiger partial charge in [-0.05, 0) is 61.6 Å². The second-order valence-electron chi connectivity index (χ2n) is 6.90. The Kier molecular flexibility index (Phi) is 6.41. The van der Waals surface area contributed by atoms with Crippen molar-refractivity contribution in [2.24, 2.45) is 5.92 Å². The van der Waals surface area contributed by atoms with Gasteiger partial charge in [-0.3, -0.25) is 4.79 Å². The number of nitrogens with one attached hydrogen (secondary N) is 1. The van der Waals surface area contributed by atoms with Gasteiger partial charge in [-0.15, -0.1) is 0 Å². The quantitative estimate of drug-likeness (QED) is 0.791. The largest absolute Gasteiger partial charge is 0.326 e. The molecule has 28 heavy (non-hydrogen) atoms. The Bertz CT molecular complexity index is 942. The number of hydrogen-bond acceptors (Lipinski definition) is 3. The van der Waals surface area contributed by atoms with E-state index in [0.29, 0.717) is 38.0 Å². The van der Waals surface area contributed by atoms with Crippen LogP contribution in [0.5, 0.6) is 0 Å². The van der Waals surface area contributed by atoms with Gasteiger partial charge in [0.15, 0.2) is 0 Å². The molecule has 0 unspecified atom stereocenters. The highest BCUT2D eigenvalue weighted by atomic mass is 32.2. The summed E-state index contributed by atoms with van der Waals surface area (Å²) in [5.74, 6) is -0.956. The smallest absolute Gasteiger partial charge is 0.243 e. The van der Waals surface area contributed by atoms with Crippen molar-refractivity contribution in [2.45, 2.75) is 30.6 Å². The van der Waals surface area contributed by atoms with Crippen molar-refractivity contribution in [1.82, 2.24) is 4.31 Å². The summed E-state index contributed by atoms with van der Waals surface area (Å²) in [6.07, 6.45) is 2.20. The second-order valence-corrected chi connectivity index (χ2v) is 8.84. The predicted octanol–water partition coefficient (Wildman–Crippen LogP) is 3.78. The van der Waals surface area contributed by atoms with Crippen LogP contribution < -0.4 is 5.32 Å². The maximum absolute atomic E-state index is 13.3. The van der Waals surface area contributed by atoms with Crippen molar-refractivity contribution in [3.8, 4) is 0 Å². The molecule has 150 valence electrons. The van der Waals surface area contributed by atoms with E-state index in [-0.39, 0.29) is 23.1 Å². The number of halogens is 2. The lowest BCUT2D eigenvalue weighted by molar-refractivity contribution is -0.116. The standard InChI is InChI=1S/C20H22F2N2O3S/c21-16-3-1-5-18(13-16)23-20(25)8-7-15-9-11-24(12-10-15)28(26,27)19-6-2-4-17(22)14-19/h1-6,13-15H,7-12H2,(H,23,25). The van der Waals surface area contributed by atoms with Crippen LogP contribution >= 0.6 is 0 Å². The number of piperidine rings is 1. The third kappa shape index (κ3) is 5.14. The fourth-order valence-electron chi connectivity index (χ4n) is 3.34. The van der Waals surface area contributed by atoms with Crippen LogP contribution in [0.4, 0.5) is 14.5 Å². The lowest BCUT2D eigenvalue weighted by Crippen LogP contribution is -2.38. The number of carbonyl (C=O) groups is 1. The van der Waals surface area contributed by atoms with E-state index in [0.717, 1.165) is 6.07 Å². The van der Waals surface area contributed by atoms with Gasteiger partial charge in [-0.25, -0.2) is 17.2 Å². The molecule has 2 aromatic rings. The van der Waals surface area contributed by atoms with Crippen molar-refractivity contribution in [2.75, 3.05) is 18.4 Å². The molecule has 0 aromatic heterocycles. The molecule has 1 fully saturated rings. The second kappa shape index (κ2) is 8.79. The summed E-state index contributed by atoms with van der Waals surface area (Å²) in [4.78, 5) is 12.0. The Morgan fingerprint density at radius 2 is 1.68 bits per heavy atom. The average Bonchev–Trinajstić information content (AvgIpc) is 2.67. The zero-order valence-electron chi connectivity index (χ0n) is 15.3. The van der Waals surface area contributed by atoms with Gasteiger partial charge in [-0.2, -0.15) is 4.31 Å². The summed E-state index contributed by atoms with van der Waals surface area (Å²) in [5.41, 5.74) is 0.418. The van der Waals surface area contributed by atoms with Crippen LogP contribution in [0.3, 0.4) is 0 Å². The molecule has 0 spiro atoms. The lowest BCUT2D eigenvalue weighted by Gasteiger charge is -2.31. The lowest BCUT2D eigenvalue weighted by atomic mass is 9.93. The molecule has 0 aliphatic carbocycles. The van der Waals surface area contributed by atoms with E-state index in [1.165, 1.54) is 40.7 Å². The first-order valence-electron chi connectivity index (χ1n) is 9.16. The first-order valence-corrected chi connectivity index (χ1v) is 10.6. The molecule has 0 radical (unpaired) electrons. The zero-order valence-corrected chi connectivity index (χ0v) is 16.1. The molecule has 2 aromatic carbocycles. The third-order valence-corrected chi connectivity index (χ3v) is 6.79. The molecule has 1 aliphatic rings. The van der Waals surface area contributed by atoms with Crippen LogP contribution in [-0.4, -0.2) is 31.7 Å². The minimum absolute atomic E-state index is 0.0413. The average molecular weight is 408 g/mol. The van der Waals surface area contributed by atoms with Gasteiger partial charge in [0.05, 0.1) is 4.90 Å². The monoisotopic (exact) mass is 408 g/mol. The third-order valence-electron chi connectivity index (χ3n) is 4.90. The highest BCUT2D eigenvalue weighted by molar-refractivity contribution is 7.89. The number of anilines is 1. The Hall–Kier alpha value is -2.32. The van der Waals surface area contributed by atoms with E-state index < -0.39 is 21.7 Å². The number of hydrogen-bond donors (Lipinski definition) is 1. The molecule has 0 atom stereocenters. The number of rotatable bonds is 6. The summed E-state index contributed by atoms with van der Waals surface area (Å²) in [6.45, 7) is 0.685. The van der Waals surface area contributed by atoms with Crippen molar-refractivity contribution >= 4 is 21.6 Å². The van der Waals surface area contributed by atoms with Crippen LogP contribution in [0.25, 0.3) is 0 Å². The predicted molar refractivity (Wildman–Crippen MR) is 102 cm³/mol. The van der Waals surface area contributed by atoms with Crippen molar-refractivity contribution in [1.29, 1.82) is 0 Å². The molecule has 1 aliphatic heterocycles. The Balaban J connectivity index is 1.48. The number of nitrogens with zero attached hydrogens (tertiary/aromatic N) is 1. The van der Waals surface area contributed by atoms with Crippen LogP contribution in [-0.2, 0) is 14.8 Å². The molecule has 8 heteroatoms. The summed E-state index contributed by atoms with van der Waals surface area (Å²) in [7, 11) is -3.71. The van der Waals surface area contributed by atoms with Crippen LogP contribution in [0.15, 0.2) is 53.4 Å². The maximum Gasteiger partial charge on any atom is 0.243 e. The maximum atomic E-state index is 13.3. The summed E-state index contributed by atoms with van der Waals surface area (Å²) in [6, 6.07) is 10.7. The molecule has 3 rings (SSSR count). The molecule has 1 saturated heterocycles. The van der Waals surface area contributed by atoms with Crippen molar-refractivity contribution in [3.63, 3.8) is 0 Å². The fourth-order valence-corrected chi connectivity index (χ4v) is 4.84.